The minimum Gasteiger partial charge on any atom is -0.365 e. The standard InChI is InChI=1S/C21H24N4/c1-14-21(16-7-10-25(14)11-8-16)24-20-5-4-18(13-23-20)17-3-2-15-6-9-22-19(15)12-17/h2-6,9,12-14,16,21-22H,7-8,10-11H2,1H3,(H,23,24)/t14-,21-/m1/s1. The van der Waals surface area contributed by atoms with Gasteiger partial charge in [0.15, 0.2) is 0 Å². The molecular formula is C21H24N4. The molecule has 3 aliphatic rings. The normalized spacial score (nSPS) is 28.4. The van der Waals surface area contributed by atoms with Crippen LogP contribution in [0.4, 0.5) is 5.82 Å². The van der Waals surface area contributed by atoms with E-state index in [2.05, 4.69) is 58.5 Å². The lowest BCUT2D eigenvalue weighted by molar-refractivity contribution is 0.0457. The van der Waals surface area contributed by atoms with E-state index in [9.17, 15) is 0 Å². The van der Waals surface area contributed by atoms with Crippen molar-refractivity contribution in [3.63, 3.8) is 0 Å². The molecule has 25 heavy (non-hydrogen) atoms. The van der Waals surface area contributed by atoms with Crippen LogP contribution in [0.2, 0.25) is 0 Å². The molecule has 0 aliphatic carbocycles. The summed E-state index contributed by atoms with van der Waals surface area (Å²) in [6.07, 6.45) is 6.60. The number of hydrogen-bond acceptors (Lipinski definition) is 3. The van der Waals surface area contributed by atoms with Gasteiger partial charge < -0.3 is 10.3 Å². The molecule has 0 unspecified atom stereocenters. The molecule has 2 N–H and O–H groups in total. The van der Waals surface area contributed by atoms with Crippen molar-refractivity contribution in [2.75, 3.05) is 18.4 Å². The monoisotopic (exact) mass is 332 g/mol. The third-order valence-electron chi connectivity index (χ3n) is 6.14. The summed E-state index contributed by atoms with van der Waals surface area (Å²) < 4.78 is 0. The largest absolute Gasteiger partial charge is 0.365 e. The molecule has 128 valence electrons. The molecule has 0 radical (unpaired) electrons. The predicted molar refractivity (Wildman–Crippen MR) is 103 cm³/mol. The van der Waals surface area contributed by atoms with Crippen molar-refractivity contribution in [1.82, 2.24) is 14.9 Å². The summed E-state index contributed by atoms with van der Waals surface area (Å²) in [5.74, 6) is 1.78. The number of piperidine rings is 3. The zero-order valence-electron chi connectivity index (χ0n) is 14.6. The van der Waals surface area contributed by atoms with Crippen LogP contribution in [-0.2, 0) is 0 Å². The number of aromatic amines is 1. The Morgan fingerprint density at radius 3 is 2.68 bits per heavy atom. The summed E-state index contributed by atoms with van der Waals surface area (Å²) in [6.45, 7) is 4.87. The first kappa shape index (κ1) is 15.0. The van der Waals surface area contributed by atoms with Crippen molar-refractivity contribution in [2.45, 2.75) is 31.8 Å². The minimum atomic E-state index is 0.524. The molecule has 4 nitrogen and oxygen atoms in total. The molecule has 1 aromatic carbocycles. The van der Waals surface area contributed by atoms with Crippen LogP contribution >= 0.6 is 0 Å². The number of anilines is 1. The maximum atomic E-state index is 4.70. The molecular weight excluding hydrogens is 308 g/mol. The predicted octanol–water partition coefficient (Wildman–Crippen LogP) is 4.12. The van der Waals surface area contributed by atoms with Gasteiger partial charge in [-0.3, -0.25) is 4.90 Å². The Morgan fingerprint density at radius 2 is 1.92 bits per heavy atom. The summed E-state index contributed by atoms with van der Waals surface area (Å²) in [4.78, 5) is 10.6. The summed E-state index contributed by atoms with van der Waals surface area (Å²) in [5.41, 5.74) is 3.52. The number of rotatable bonds is 3. The molecule has 6 rings (SSSR count). The van der Waals surface area contributed by atoms with Gasteiger partial charge in [-0.25, -0.2) is 4.98 Å². The van der Waals surface area contributed by atoms with Crippen LogP contribution in [0.15, 0.2) is 48.8 Å². The minimum absolute atomic E-state index is 0.524. The van der Waals surface area contributed by atoms with E-state index in [1.165, 1.54) is 42.4 Å². The van der Waals surface area contributed by atoms with Crippen LogP contribution in [0.25, 0.3) is 22.0 Å². The highest BCUT2D eigenvalue weighted by Crippen LogP contribution is 2.34. The van der Waals surface area contributed by atoms with E-state index in [0.717, 1.165) is 17.3 Å². The van der Waals surface area contributed by atoms with Gasteiger partial charge in [0.25, 0.3) is 0 Å². The number of benzene rings is 1. The molecule has 3 aromatic rings. The number of fused-ring (bicyclic) bond motifs is 4. The second kappa shape index (κ2) is 5.88. The Balaban J connectivity index is 1.36. The topological polar surface area (TPSA) is 44.0 Å². The fourth-order valence-electron chi connectivity index (χ4n) is 4.59. The fourth-order valence-corrected chi connectivity index (χ4v) is 4.59. The first-order valence-corrected chi connectivity index (χ1v) is 9.32. The highest BCUT2D eigenvalue weighted by atomic mass is 15.2. The summed E-state index contributed by atoms with van der Waals surface area (Å²) >= 11 is 0. The fraction of sp³-hybridized carbons (Fsp3) is 0.381. The van der Waals surface area contributed by atoms with Crippen molar-refractivity contribution in [3.8, 4) is 11.1 Å². The maximum Gasteiger partial charge on any atom is 0.126 e. The van der Waals surface area contributed by atoms with E-state index < -0.39 is 0 Å². The van der Waals surface area contributed by atoms with Gasteiger partial charge >= 0.3 is 0 Å². The van der Waals surface area contributed by atoms with Crippen molar-refractivity contribution in [1.29, 1.82) is 0 Å². The Hall–Kier alpha value is -2.33. The second-order valence-electron chi connectivity index (χ2n) is 7.50. The second-order valence-corrected chi connectivity index (χ2v) is 7.50. The maximum absolute atomic E-state index is 4.70. The van der Waals surface area contributed by atoms with Gasteiger partial charge in [-0.1, -0.05) is 12.1 Å². The van der Waals surface area contributed by atoms with E-state index in [4.69, 9.17) is 4.98 Å². The van der Waals surface area contributed by atoms with Gasteiger partial charge in [0.05, 0.1) is 0 Å². The lowest BCUT2D eigenvalue weighted by Gasteiger charge is -2.50. The van der Waals surface area contributed by atoms with Crippen molar-refractivity contribution < 1.29 is 0 Å². The highest BCUT2D eigenvalue weighted by Gasteiger charge is 2.39. The molecule has 0 saturated carbocycles. The van der Waals surface area contributed by atoms with Crippen molar-refractivity contribution in [3.05, 3.63) is 48.8 Å². The zero-order chi connectivity index (χ0) is 16.8. The Morgan fingerprint density at radius 1 is 1.08 bits per heavy atom. The quantitative estimate of drug-likeness (QED) is 0.758. The van der Waals surface area contributed by atoms with Crippen LogP contribution < -0.4 is 5.32 Å². The highest BCUT2D eigenvalue weighted by molar-refractivity contribution is 5.84. The number of nitrogens with one attached hydrogen (secondary N) is 2. The van der Waals surface area contributed by atoms with Crippen LogP contribution in [0.5, 0.6) is 0 Å². The van der Waals surface area contributed by atoms with Crippen molar-refractivity contribution in [2.24, 2.45) is 5.92 Å². The molecule has 3 fully saturated rings. The van der Waals surface area contributed by atoms with Crippen molar-refractivity contribution >= 4 is 16.7 Å². The molecule has 2 atom stereocenters. The van der Waals surface area contributed by atoms with Gasteiger partial charge in [0.1, 0.15) is 5.82 Å². The Kier molecular flexibility index (Phi) is 3.52. The molecule has 3 saturated heterocycles. The van der Waals surface area contributed by atoms with Crippen LogP contribution in [0.1, 0.15) is 19.8 Å². The van der Waals surface area contributed by atoms with E-state index >= 15 is 0 Å². The van der Waals surface area contributed by atoms with E-state index in [1.54, 1.807) is 0 Å². The number of nitrogens with zero attached hydrogens (tertiary/aromatic N) is 2. The third-order valence-corrected chi connectivity index (χ3v) is 6.14. The van der Waals surface area contributed by atoms with Gasteiger partial charge in [-0.2, -0.15) is 0 Å². The van der Waals surface area contributed by atoms with Gasteiger partial charge in [0.2, 0.25) is 0 Å². The number of H-pyrrole nitrogens is 1. The molecule has 0 amide bonds. The smallest absolute Gasteiger partial charge is 0.126 e. The lowest BCUT2D eigenvalue weighted by atomic mass is 9.79. The van der Waals surface area contributed by atoms with Gasteiger partial charge in [-0.15, -0.1) is 0 Å². The van der Waals surface area contributed by atoms with Crippen LogP contribution in [0, 0.1) is 5.92 Å². The van der Waals surface area contributed by atoms with E-state index in [-0.39, 0.29) is 0 Å². The average Bonchev–Trinajstić information content (AvgIpc) is 3.13. The number of aromatic nitrogens is 2. The third kappa shape index (κ3) is 2.61. The molecule has 4 heteroatoms. The molecule has 5 heterocycles. The first-order valence-electron chi connectivity index (χ1n) is 9.32. The Bertz CT molecular complexity index is 872. The zero-order valence-corrected chi connectivity index (χ0v) is 14.6. The first-order chi connectivity index (χ1) is 12.3. The van der Waals surface area contributed by atoms with Gasteiger partial charge in [-0.05, 0) is 74.0 Å². The molecule has 2 aromatic heterocycles. The summed E-state index contributed by atoms with van der Waals surface area (Å²) in [6, 6.07) is 14.0. The van der Waals surface area contributed by atoms with E-state index in [0.29, 0.717) is 12.1 Å². The SMILES string of the molecule is C[C@@H]1[C@@H](Nc2ccc(-c3ccc4cc[nH]c4c3)cn2)C2CCN1CC2. The summed E-state index contributed by atoms with van der Waals surface area (Å²) in [7, 11) is 0. The number of pyridine rings is 1. The Labute approximate surface area is 148 Å². The summed E-state index contributed by atoms with van der Waals surface area (Å²) in [5, 5.41) is 4.95. The lowest BCUT2D eigenvalue weighted by Crippen LogP contribution is -2.59. The van der Waals surface area contributed by atoms with Crippen LogP contribution in [-0.4, -0.2) is 40.0 Å². The average molecular weight is 332 g/mol. The number of hydrogen-bond donors (Lipinski definition) is 2. The molecule has 0 spiro atoms. The van der Waals surface area contributed by atoms with Gasteiger partial charge in [0, 0.05) is 35.6 Å². The molecule has 3 aliphatic heterocycles. The van der Waals surface area contributed by atoms with E-state index in [1.807, 2.05) is 12.4 Å². The van der Waals surface area contributed by atoms with Crippen LogP contribution in [0.3, 0.4) is 0 Å². The molecule has 2 bridgehead atoms.